The molecule has 0 aliphatic rings. The first-order valence-corrected chi connectivity index (χ1v) is 19.4. The fraction of sp³-hybridized carbons (Fsp3) is 0.0392. The fourth-order valence-corrected chi connectivity index (χ4v) is 7.34. The smallest absolute Gasteiger partial charge is 0.259 e. The highest BCUT2D eigenvalue weighted by atomic mass is 16.3. The third-order valence-electron chi connectivity index (χ3n) is 10.5. The Morgan fingerprint density at radius 1 is 0.661 bits per heavy atom. The Morgan fingerprint density at radius 3 is 1.86 bits per heavy atom. The van der Waals surface area contributed by atoms with Gasteiger partial charge in [-0.25, -0.2) is 0 Å². The summed E-state index contributed by atoms with van der Waals surface area (Å²) < 4.78 is 0. The van der Waals surface area contributed by atoms with E-state index in [1.54, 1.807) is 30.3 Å². The molecule has 0 aliphatic heterocycles. The summed E-state index contributed by atoms with van der Waals surface area (Å²) in [5, 5.41) is 27.1. The number of phenols is 1. The summed E-state index contributed by atoms with van der Waals surface area (Å²) in [6.07, 6.45) is 4.10. The standard InChI is InChI=1S/C51H40N6O2/c1-32-7-24-40(25-8-32)57(41-26-9-33(2)10-27-41)42-28-15-35(16-29-42)12-11-34-13-20-38(21-14-34)53-51(59)45-31-36-17-30-44-43-5-3-4-6-46(43)54-48(44)47(36)49(50(45)58)56-55-39-22-18-37(52)19-23-39/h3-31,54,58H,52H2,1-2H3,(H,53,59). The quantitative estimate of drug-likeness (QED) is 0.0664. The molecule has 0 radical (unpaired) electrons. The molecule has 8 nitrogen and oxygen atoms in total. The van der Waals surface area contributed by atoms with Crippen molar-refractivity contribution in [3.8, 4) is 5.75 Å². The number of anilines is 5. The summed E-state index contributed by atoms with van der Waals surface area (Å²) in [5.41, 5.74) is 17.3. The van der Waals surface area contributed by atoms with Crippen LogP contribution in [0.25, 0.3) is 44.7 Å². The van der Waals surface area contributed by atoms with Gasteiger partial charge in [0.25, 0.3) is 5.91 Å². The summed E-state index contributed by atoms with van der Waals surface area (Å²) in [4.78, 5) is 19.6. The number of aromatic hydroxyl groups is 1. The molecule has 9 rings (SSSR count). The van der Waals surface area contributed by atoms with Crippen molar-refractivity contribution < 1.29 is 9.90 Å². The zero-order valence-corrected chi connectivity index (χ0v) is 32.5. The second-order valence-corrected chi connectivity index (χ2v) is 14.7. The normalized spacial score (nSPS) is 11.6. The van der Waals surface area contributed by atoms with Crippen molar-refractivity contribution in [2.75, 3.05) is 16.0 Å². The van der Waals surface area contributed by atoms with Gasteiger partial charge < -0.3 is 26.0 Å². The van der Waals surface area contributed by atoms with E-state index in [2.05, 4.69) is 118 Å². The van der Waals surface area contributed by atoms with Gasteiger partial charge in [0, 0.05) is 50.1 Å². The van der Waals surface area contributed by atoms with Crippen LogP contribution in [0.4, 0.5) is 39.8 Å². The Kier molecular flexibility index (Phi) is 9.64. The molecule has 9 aromatic rings. The van der Waals surface area contributed by atoms with Crippen LogP contribution in [0.3, 0.4) is 0 Å². The Hall–Kier alpha value is -7.97. The average molecular weight is 769 g/mol. The number of amides is 1. The second-order valence-electron chi connectivity index (χ2n) is 14.7. The van der Waals surface area contributed by atoms with Crippen LogP contribution in [0.2, 0.25) is 0 Å². The molecule has 59 heavy (non-hydrogen) atoms. The number of carbonyl (C=O) groups is 1. The number of H-pyrrole nitrogens is 1. The zero-order valence-electron chi connectivity index (χ0n) is 32.5. The predicted molar refractivity (Wildman–Crippen MR) is 244 cm³/mol. The highest BCUT2D eigenvalue weighted by Crippen LogP contribution is 2.44. The first-order valence-electron chi connectivity index (χ1n) is 19.4. The van der Waals surface area contributed by atoms with E-state index >= 15 is 0 Å². The SMILES string of the molecule is Cc1ccc(N(c2ccc(C)cc2)c2ccc(C=Cc3ccc(NC(=O)c4cc5ccc6c7ccccc7[nH]c6c5c(N=Nc5ccc(N)cc5)c4O)cc3)cc2)cc1. The van der Waals surface area contributed by atoms with E-state index in [4.69, 9.17) is 5.73 Å². The van der Waals surface area contributed by atoms with Crippen molar-refractivity contribution in [3.63, 3.8) is 0 Å². The van der Waals surface area contributed by atoms with Crippen LogP contribution in [0, 0.1) is 13.8 Å². The summed E-state index contributed by atoms with van der Waals surface area (Å²) >= 11 is 0. The van der Waals surface area contributed by atoms with E-state index in [1.807, 2.05) is 66.7 Å². The molecule has 0 aliphatic carbocycles. The van der Waals surface area contributed by atoms with E-state index in [9.17, 15) is 9.90 Å². The van der Waals surface area contributed by atoms with Gasteiger partial charge >= 0.3 is 0 Å². The third kappa shape index (κ3) is 7.50. The molecule has 0 saturated heterocycles. The molecular formula is C51H40N6O2. The summed E-state index contributed by atoms with van der Waals surface area (Å²) in [7, 11) is 0. The number of azo groups is 1. The van der Waals surface area contributed by atoms with E-state index in [1.165, 1.54) is 11.1 Å². The molecule has 286 valence electrons. The number of aromatic nitrogens is 1. The lowest BCUT2D eigenvalue weighted by Crippen LogP contribution is -2.12. The van der Waals surface area contributed by atoms with Crippen LogP contribution in [-0.2, 0) is 0 Å². The number of nitrogens with one attached hydrogen (secondary N) is 2. The number of hydrogen-bond donors (Lipinski definition) is 4. The van der Waals surface area contributed by atoms with Gasteiger partial charge in [0.05, 0.1) is 16.8 Å². The summed E-state index contributed by atoms with van der Waals surface area (Å²) in [6, 6.07) is 53.8. The summed E-state index contributed by atoms with van der Waals surface area (Å²) in [5.74, 6) is -0.745. The van der Waals surface area contributed by atoms with Gasteiger partial charge in [-0.15, -0.1) is 5.11 Å². The van der Waals surface area contributed by atoms with Crippen molar-refractivity contribution in [2.24, 2.45) is 10.2 Å². The molecule has 0 atom stereocenters. The van der Waals surface area contributed by atoms with Crippen LogP contribution in [0.15, 0.2) is 174 Å². The molecule has 0 unspecified atom stereocenters. The van der Waals surface area contributed by atoms with Crippen molar-refractivity contribution in [1.82, 2.24) is 4.98 Å². The molecular weight excluding hydrogens is 729 g/mol. The van der Waals surface area contributed by atoms with Crippen LogP contribution in [-0.4, -0.2) is 16.0 Å². The molecule has 8 heteroatoms. The van der Waals surface area contributed by atoms with Crippen LogP contribution < -0.4 is 16.0 Å². The zero-order chi connectivity index (χ0) is 40.5. The number of hydrogen-bond acceptors (Lipinski definition) is 6. The molecule has 8 aromatic carbocycles. The number of phenolic OH excluding ortho intramolecular Hbond substituents is 1. The number of rotatable bonds is 9. The number of fused-ring (bicyclic) bond motifs is 5. The van der Waals surface area contributed by atoms with Crippen molar-refractivity contribution in [1.29, 1.82) is 0 Å². The number of para-hydroxylation sites is 1. The highest BCUT2D eigenvalue weighted by molar-refractivity contribution is 6.22. The molecule has 1 aromatic heterocycles. The van der Waals surface area contributed by atoms with Crippen LogP contribution >= 0.6 is 0 Å². The molecule has 0 saturated carbocycles. The van der Waals surface area contributed by atoms with Gasteiger partial charge in [-0.3, -0.25) is 4.79 Å². The van der Waals surface area contributed by atoms with Crippen molar-refractivity contribution >= 4 is 90.4 Å². The van der Waals surface area contributed by atoms with E-state index in [0.29, 0.717) is 22.4 Å². The van der Waals surface area contributed by atoms with E-state index < -0.39 is 5.91 Å². The maximum Gasteiger partial charge on any atom is 0.259 e. The lowest BCUT2D eigenvalue weighted by molar-refractivity contribution is 0.102. The highest BCUT2D eigenvalue weighted by Gasteiger charge is 2.22. The molecule has 0 fully saturated rings. The number of benzene rings is 8. The van der Waals surface area contributed by atoms with Crippen LogP contribution in [0.1, 0.15) is 32.6 Å². The Morgan fingerprint density at radius 2 is 1.24 bits per heavy atom. The van der Waals surface area contributed by atoms with Gasteiger partial charge in [0.15, 0.2) is 5.75 Å². The topological polar surface area (TPSA) is 119 Å². The third-order valence-corrected chi connectivity index (χ3v) is 10.5. The number of carbonyl (C=O) groups excluding carboxylic acids is 1. The van der Waals surface area contributed by atoms with E-state index in [0.717, 1.165) is 55.4 Å². The lowest BCUT2D eigenvalue weighted by atomic mass is 10.00. The molecule has 5 N–H and O–H groups in total. The average Bonchev–Trinajstić information content (AvgIpc) is 3.64. The number of aromatic amines is 1. The first-order chi connectivity index (χ1) is 28.8. The minimum Gasteiger partial charge on any atom is -0.505 e. The minimum atomic E-state index is -0.473. The minimum absolute atomic E-state index is 0.0787. The number of nitrogens with two attached hydrogens (primary N) is 1. The van der Waals surface area contributed by atoms with Gasteiger partial charge in [0.1, 0.15) is 5.69 Å². The molecule has 0 spiro atoms. The Bertz CT molecular complexity index is 2990. The monoisotopic (exact) mass is 768 g/mol. The fourth-order valence-electron chi connectivity index (χ4n) is 7.34. The molecule has 1 heterocycles. The van der Waals surface area contributed by atoms with Gasteiger partial charge in [-0.05, 0) is 115 Å². The maximum absolute atomic E-state index is 13.8. The van der Waals surface area contributed by atoms with Crippen molar-refractivity contribution in [3.05, 3.63) is 192 Å². The maximum atomic E-state index is 13.8. The Labute approximate surface area is 341 Å². The number of nitrogens with zero attached hydrogens (tertiary/aromatic N) is 3. The number of nitrogen functional groups attached to an aromatic ring is 1. The predicted octanol–water partition coefficient (Wildman–Crippen LogP) is 13.7. The van der Waals surface area contributed by atoms with E-state index in [-0.39, 0.29) is 17.0 Å². The first kappa shape index (κ1) is 36.7. The summed E-state index contributed by atoms with van der Waals surface area (Å²) in [6.45, 7) is 4.19. The second kappa shape index (κ2) is 15.5. The lowest BCUT2D eigenvalue weighted by Gasteiger charge is -2.25. The molecule has 0 bridgehead atoms. The van der Waals surface area contributed by atoms with Crippen LogP contribution in [0.5, 0.6) is 5.75 Å². The van der Waals surface area contributed by atoms with Gasteiger partial charge in [0.2, 0.25) is 0 Å². The molecule has 1 amide bonds. The largest absolute Gasteiger partial charge is 0.505 e. The Balaban J connectivity index is 0.961. The van der Waals surface area contributed by atoms with Crippen molar-refractivity contribution in [2.45, 2.75) is 13.8 Å². The van der Waals surface area contributed by atoms with Gasteiger partial charge in [-0.1, -0.05) is 102 Å². The van der Waals surface area contributed by atoms with Gasteiger partial charge in [-0.2, -0.15) is 5.11 Å². The number of aryl methyl sites for hydroxylation is 2.